The molecule has 3 aromatic carbocycles. The third-order valence-corrected chi connectivity index (χ3v) is 5.11. The Morgan fingerprint density at radius 1 is 1.00 bits per heavy atom. The lowest BCUT2D eigenvalue weighted by Crippen LogP contribution is -2.11. The van der Waals surface area contributed by atoms with Crippen molar-refractivity contribution in [2.45, 2.75) is 26.3 Å². The lowest BCUT2D eigenvalue weighted by Gasteiger charge is -2.10. The van der Waals surface area contributed by atoms with E-state index in [0.29, 0.717) is 17.0 Å². The van der Waals surface area contributed by atoms with E-state index >= 15 is 0 Å². The summed E-state index contributed by atoms with van der Waals surface area (Å²) >= 11 is 0. The van der Waals surface area contributed by atoms with Crippen molar-refractivity contribution in [3.05, 3.63) is 82.9 Å². The maximum atomic E-state index is 13.7. The van der Waals surface area contributed by atoms with Gasteiger partial charge in [-0.05, 0) is 47.4 Å². The highest BCUT2D eigenvalue weighted by Gasteiger charge is 2.17. The summed E-state index contributed by atoms with van der Waals surface area (Å²) in [4.78, 5) is 12.0. The van der Waals surface area contributed by atoms with Gasteiger partial charge in [0, 0.05) is 34.5 Å². The summed E-state index contributed by atoms with van der Waals surface area (Å²) in [5.74, 6) is -1.42. The fraction of sp³-hybridized carbons (Fsp3) is 0.174. The van der Waals surface area contributed by atoms with Gasteiger partial charge in [-0.2, -0.15) is 0 Å². The first kappa shape index (κ1) is 18.2. The molecule has 0 fully saturated rings. The lowest BCUT2D eigenvalue weighted by atomic mass is 10.00. The first-order valence-electron chi connectivity index (χ1n) is 9.15. The van der Waals surface area contributed by atoms with E-state index in [-0.39, 0.29) is 6.54 Å². The molecule has 5 heteroatoms. The molecule has 0 spiro atoms. The van der Waals surface area contributed by atoms with Crippen molar-refractivity contribution in [3.8, 4) is 0 Å². The number of rotatable bonds is 4. The molecule has 0 aliphatic rings. The van der Waals surface area contributed by atoms with E-state index in [0.717, 1.165) is 33.4 Å². The molecule has 1 aromatic heterocycles. The number of nitrogens with zero attached hydrogens (tertiary/aromatic N) is 1. The molecular weight excluding hydrogens is 358 g/mol. The fourth-order valence-corrected chi connectivity index (χ4v) is 3.78. The third kappa shape index (κ3) is 3.03. The number of nitrogens with two attached hydrogens (primary N) is 1. The monoisotopic (exact) mass is 378 g/mol. The molecular formula is C23H20F2N2O. The van der Waals surface area contributed by atoms with Gasteiger partial charge in [0.2, 0.25) is 5.91 Å². The highest BCUT2D eigenvalue weighted by molar-refractivity contribution is 6.18. The molecule has 28 heavy (non-hydrogen) atoms. The van der Waals surface area contributed by atoms with Crippen LogP contribution in [0.25, 0.3) is 21.8 Å². The Labute approximate surface area is 161 Å². The molecule has 0 bridgehead atoms. The highest BCUT2D eigenvalue weighted by atomic mass is 19.1. The number of amides is 1. The average Bonchev–Trinajstić information content (AvgIpc) is 2.94. The Morgan fingerprint density at radius 2 is 1.71 bits per heavy atom. The minimum atomic E-state index is -0.614. The van der Waals surface area contributed by atoms with Crippen molar-refractivity contribution < 1.29 is 13.6 Å². The van der Waals surface area contributed by atoms with Crippen LogP contribution in [0.1, 0.15) is 41.3 Å². The molecule has 0 radical (unpaired) electrons. The Morgan fingerprint density at radius 3 is 2.36 bits per heavy atom. The molecule has 1 amide bonds. The fourth-order valence-electron chi connectivity index (χ4n) is 3.78. The zero-order chi connectivity index (χ0) is 20.0. The highest BCUT2D eigenvalue weighted by Crippen LogP contribution is 2.34. The van der Waals surface area contributed by atoms with E-state index in [4.69, 9.17) is 5.73 Å². The number of benzene rings is 3. The van der Waals surface area contributed by atoms with Gasteiger partial charge in [0.1, 0.15) is 11.6 Å². The van der Waals surface area contributed by atoms with Crippen molar-refractivity contribution in [3.63, 3.8) is 0 Å². The van der Waals surface area contributed by atoms with Gasteiger partial charge in [-0.3, -0.25) is 4.79 Å². The summed E-state index contributed by atoms with van der Waals surface area (Å²) in [5, 5.41) is 1.66. The van der Waals surface area contributed by atoms with E-state index in [9.17, 15) is 13.6 Å². The summed E-state index contributed by atoms with van der Waals surface area (Å²) in [5.41, 5.74) is 9.39. The first-order valence-corrected chi connectivity index (χ1v) is 9.15. The van der Waals surface area contributed by atoms with Crippen LogP contribution in [0.2, 0.25) is 0 Å². The standard InChI is InChI=1S/C23H20F2N2O/c1-13(2)15-6-7-18-21(10-15)27(12-14-8-16(24)11-17(25)9-14)20-5-3-4-19(22(18)20)23(26)28/h3-11,13H,12H2,1-2H3,(H2,26,28). The van der Waals surface area contributed by atoms with E-state index < -0.39 is 17.5 Å². The summed E-state index contributed by atoms with van der Waals surface area (Å²) < 4.78 is 29.4. The van der Waals surface area contributed by atoms with Gasteiger partial charge in [-0.15, -0.1) is 0 Å². The number of hydrogen-bond donors (Lipinski definition) is 1. The van der Waals surface area contributed by atoms with Crippen LogP contribution in [0.4, 0.5) is 8.78 Å². The van der Waals surface area contributed by atoms with Gasteiger partial charge < -0.3 is 10.3 Å². The van der Waals surface area contributed by atoms with Gasteiger partial charge in [-0.25, -0.2) is 8.78 Å². The lowest BCUT2D eigenvalue weighted by molar-refractivity contribution is 0.100. The number of aromatic nitrogens is 1. The second-order valence-electron chi connectivity index (χ2n) is 7.36. The van der Waals surface area contributed by atoms with Crippen molar-refractivity contribution in [2.24, 2.45) is 5.73 Å². The van der Waals surface area contributed by atoms with Crippen LogP contribution in [0, 0.1) is 11.6 Å². The topological polar surface area (TPSA) is 48.0 Å². The molecule has 0 atom stereocenters. The van der Waals surface area contributed by atoms with Crippen LogP contribution in [-0.2, 0) is 6.54 Å². The van der Waals surface area contributed by atoms with Crippen molar-refractivity contribution in [1.82, 2.24) is 4.57 Å². The predicted octanol–water partition coefficient (Wildman–Crippen LogP) is 5.34. The Kier molecular flexibility index (Phi) is 4.38. The minimum Gasteiger partial charge on any atom is -0.366 e. The van der Waals surface area contributed by atoms with Crippen LogP contribution in [-0.4, -0.2) is 10.5 Å². The predicted molar refractivity (Wildman–Crippen MR) is 108 cm³/mol. The second-order valence-corrected chi connectivity index (χ2v) is 7.36. The normalized spacial score (nSPS) is 11.6. The van der Waals surface area contributed by atoms with Crippen LogP contribution in [0.3, 0.4) is 0 Å². The van der Waals surface area contributed by atoms with Crippen LogP contribution in [0.5, 0.6) is 0 Å². The Balaban J connectivity index is 2.05. The Bertz CT molecular complexity index is 1200. The molecule has 0 saturated heterocycles. The van der Waals surface area contributed by atoms with Gasteiger partial charge in [-0.1, -0.05) is 32.0 Å². The number of fused-ring (bicyclic) bond motifs is 3. The number of primary amides is 1. The van der Waals surface area contributed by atoms with Crippen LogP contribution >= 0.6 is 0 Å². The van der Waals surface area contributed by atoms with Gasteiger partial charge in [0.05, 0.1) is 5.52 Å². The molecule has 0 unspecified atom stereocenters. The van der Waals surface area contributed by atoms with Crippen LogP contribution in [0.15, 0.2) is 54.6 Å². The summed E-state index contributed by atoms with van der Waals surface area (Å²) in [6, 6.07) is 15.0. The maximum absolute atomic E-state index is 13.7. The van der Waals surface area contributed by atoms with Crippen molar-refractivity contribution >= 4 is 27.7 Å². The zero-order valence-corrected chi connectivity index (χ0v) is 15.7. The van der Waals surface area contributed by atoms with Gasteiger partial charge in [0.15, 0.2) is 0 Å². The zero-order valence-electron chi connectivity index (χ0n) is 15.7. The third-order valence-electron chi connectivity index (χ3n) is 5.11. The number of hydrogen-bond acceptors (Lipinski definition) is 1. The van der Waals surface area contributed by atoms with Crippen molar-refractivity contribution in [1.29, 1.82) is 0 Å². The molecule has 0 saturated carbocycles. The molecule has 4 rings (SSSR count). The number of carbonyl (C=O) groups excluding carboxylic acids is 1. The van der Waals surface area contributed by atoms with E-state index in [1.165, 1.54) is 12.1 Å². The molecule has 0 aliphatic carbocycles. The minimum absolute atomic E-state index is 0.276. The smallest absolute Gasteiger partial charge is 0.249 e. The average molecular weight is 378 g/mol. The quantitative estimate of drug-likeness (QED) is 0.512. The molecule has 142 valence electrons. The molecule has 2 N–H and O–H groups in total. The molecule has 3 nitrogen and oxygen atoms in total. The maximum Gasteiger partial charge on any atom is 0.249 e. The largest absolute Gasteiger partial charge is 0.366 e. The summed E-state index contributed by atoms with van der Waals surface area (Å²) in [7, 11) is 0. The van der Waals surface area contributed by atoms with E-state index in [1.54, 1.807) is 12.1 Å². The van der Waals surface area contributed by atoms with Gasteiger partial charge >= 0.3 is 0 Å². The van der Waals surface area contributed by atoms with Gasteiger partial charge in [0.25, 0.3) is 0 Å². The summed E-state index contributed by atoms with van der Waals surface area (Å²) in [6.45, 7) is 4.48. The number of halogens is 2. The van der Waals surface area contributed by atoms with E-state index in [1.807, 2.05) is 22.8 Å². The number of carbonyl (C=O) groups is 1. The molecule has 1 heterocycles. The summed E-state index contributed by atoms with van der Waals surface area (Å²) in [6.07, 6.45) is 0. The first-order chi connectivity index (χ1) is 13.3. The van der Waals surface area contributed by atoms with Crippen molar-refractivity contribution in [2.75, 3.05) is 0 Å². The molecule has 4 aromatic rings. The Hall–Kier alpha value is -3.21. The molecule has 0 aliphatic heterocycles. The van der Waals surface area contributed by atoms with Crippen LogP contribution < -0.4 is 5.73 Å². The SMILES string of the molecule is CC(C)c1ccc2c3c(C(N)=O)cccc3n(Cc3cc(F)cc(F)c3)c2c1. The second kappa shape index (κ2) is 6.75. The van der Waals surface area contributed by atoms with E-state index in [2.05, 4.69) is 19.9 Å².